The lowest BCUT2D eigenvalue weighted by atomic mass is 10.2. The smallest absolute Gasteiger partial charge is 0.175 e. The molecule has 1 saturated heterocycles. The monoisotopic (exact) mass is 339 g/mol. The molecule has 4 rings (SSSR count). The molecule has 3 aromatic heterocycles. The van der Waals surface area contributed by atoms with Crippen molar-refractivity contribution in [1.82, 2.24) is 29.9 Å². The highest BCUT2D eigenvalue weighted by Crippen LogP contribution is 2.16. The highest BCUT2D eigenvalue weighted by Gasteiger charge is 2.19. The minimum Gasteiger partial charge on any atom is -0.353 e. The van der Waals surface area contributed by atoms with Gasteiger partial charge in [0.15, 0.2) is 11.6 Å². The van der Waals surface area contributed by atoms with Gasteiger partial charge >= 0.3 is 0 Å². The first-order valence-corrected chi connectivity index (χ1v) is 8.19. The zero-order valence-electron chi connectivity index (χ0n) is 13.7. The van der Waals surface area contributed by atoms with Crippen LogP contribution in [0.1, 0.15) is 5.56 Å². The van der Waals surface area contributed by atoms with Crippen LogP contribution in [0, 0.1) is 5.82 Å². The maximum atomic E-state index is 13.7. The zero-order valence-corrected chi connectivity index (χ0v) is 13.7. The molecule has 0 unspecified atom stereocenters. The average Bonchev–Trinajstić information content (AvgIpc) is 3.19. The van der Waals surface area contributed by atoms with E-state index in [1.807, 2.05) is 24.4 Å². The van der Waals surface area contributed by atoms with Gasteiger partial charge in [-0.2, -0.15) is 5.10 Å². The van der Waals surface area contributed by atoms with Crippen molar-refractivity contribution in [3.05, 3.63) is 60.4 Å². The summed E-state index contributed by atoms with van der Waals surface area (Å²) in [5.74, 6) is 1.30. The molecule has 1 aliphatic heterocycles. The van der Waals surface area contributed by atoms with Crippen LogP contribution in [0.5, 0.6) is 0 Å². The summed E-state index contributed by atoms with van der Waals surface area (Å²) in [6, 6.07) is 7.46. The number of rotatable bonds is 4. The van der Waals surface area contributed by atoms with E-state index in [1.165, 1.54) is 6.20 Å². The summed E-state index contributed by atoms with van der Waals surface area (Å²) >= 11 is 0. The van der Waals surface area contributed by atoms with Gasteiger partial charge in [-0.1, -0.05) is 0 Å². The van der Waals surface area contributed by atoms with Crippen LogP contribution >= 0.6 is 0 Å². The van der Waals surface area contributed by atoms with Crippen LogP contribution in [0.3, 0.4) is 0 Å². The summed E-state index contributed by atoms with van der Waals surface area (Å²) in [6.07, 6.45) is 6.44. The fourth-order valence-electron chi connectivity index (χ4n) is 2.92. The average molecular weight is 339 g/mol. The first-order valence-electron chi connectivity index (χ1n) is 8.19. The first kappa shape index (κ1) is 15.6. The Morgan fingerprint density at radius 1 is 0.960 bits per heavy atom. The standard InChI is InChI=1S/C17H18FN7/c18-15-12-19-6-4-14(15)13-23-8-10-24(11-9-23)16-2-3-17(22-21-16)25-7-1-5-20-25/h1-7,12H,8-11,13H2. The van der Waals surface area contributed by atoms with Crippen LogP contribution in [-0.2, 0) is 6.54 Å². The molecule has 1 aliphatic rings. The Bertz CT molecular complexity index is 811. The van der Waals surface area contributed by atoms with Crippen LogP contribution in [-0.4, -0.2) is 56.0 Å². The lowest BCUT2D eigenvalue weighted by molar-refractivity contribution is 0.246. The molecule has 4 heterocycles. The molecule has 0 atom stereocenters. The van der Waals surface area contributed by atoms with Crippen molar-refractivity contribution in [1.29, 1.82) is 0 Å². The zero-order chi connectivity index (χ0) is 17.1. The van der Waals surface area contributed by atoms with E-state index in [-0.39, 0.29) is 5.82 Å². The molecule has 0 spiro atoms. The molecule has 128 valence electrons. The minimum absolute atomic E-state index is 0.245. The Balaban J connectivity index is 1.36. The highest BCUT2D eigenvalue weighted by atomic mass is 19.1. The van der Waals surface area contributed by atoms with Crippen LogP contribution in [0.25, 0.3) is 5.82 Å². The number of pyridine rings is 1. The van der Waals surface area contributed by atoms with E-state index in [0.717, 1.165) is 32.0 Å². The van der Waals surface area contributed by atoms with Gasteiger partial charge in [0.1, 0.15) is 5.82 Å². The number of halogens is 1. The fraction of sp³-hybridized carbons (Fsp3) is 0.294. The Hall–Kier alpha value is -2.87. The van der Waals surface area contributed by atoms with Crippen LogP contribution in [0.2, 0.25) is 0 Å². The summed E-state index contributed by atoms with van der Waals surface area (Å²) in [4.78, 5) is 8.22. The van der Waals surface area contributed by atoms with Crippen molar-refractivity contribution >= 4 is 5.82 Å². The van der Waals surface area contributed by atoms with Crippen molar-refractivity contribution in [2.24, 2.45) is 0 Å². The van der Waals surface area contributed by atoms with Gasteiger partial charge < -0.3 is 4.90 Å². The van der Waals surface area contributed by atoms with Gasteiger partial charge in [-0.05, 0) is 24.3 Å². The predicted octanol–water partition coefficient (Wildman–Crippen LogP) is 1.52. The van der Waals surface area contributed by atoms with E-state index in [4.69, 9.17) is 0 Å². The molecule has 3 aromatic rings. The van der Waals surface area contributed by atoms with E-state index < -0.39 is 0 Å². The SMILES string of the molecule is Fc1cnccc1CN1CCN(c2ccc(-n3cccn3)nn2)CC1. The van der Waals surface area contributed by atoms with Crippen molar-refractivity contribution in [3.63, 3.8) is 0 Å². The van der Waals surface area contributed by atoms with E-state index in [0.29, 0.717) is 17.9 Å². The Morgan fingerprint density at radius 3 is 2.44 bits per heavy atom. The van der Waals surface area contributed by atoms with Gasteiger partial charge in [0, 0.05) is 56.9 Å². The van der Waals surface area contributed by atoms with Gasteiger partial charge in [0.2, 0.25) is 0 Å². The number of hydrogen-bond donors (Lipinski definition) is 0. The second-order valence-electron chi connectivity index (χ2n) is 5.93. The second-order valence-corrected chi connectivity index (χ2v) is 5.93. The summed E-state index contributed by atoms with van der Waals surface area (Å²) in [7, 11) is 0. The van der Waals surface area contributed by atoms with Crippen molar-refractivity contribution in [2.75, 3.05) is 31.1 Å². The fourth-order valence-corrected chi connectivity index (χ4v) is 2.92. The first-order chi connectivity index (χ1) is 12.3. The van der Waals surface area contributed by atoms with Gasteiger partial charge in [-0.15, -0.1) is 10.2 Å². The number of piperazine rings is 1. The third kappa shape index (κ3) is 3.48. The molecule has 0 aromatic carbocycles. The maximum absolute atomic E-state index is 13.7. The molecule has 0 bridgehead atoms. The molecule has 8 heteroatoms. The molecular formula is C17H18FN7. The van der Waals surface area contributed by atoms with Gasteiger partial charge in [0.05, 0.1) is 6.20 Å². The van der Waals surface area contributed by atoms with E-state index in [1.54, 1.807) is 23.1 Å². The Morgan fingerprint density at radius 2 is 1.76 bits per heavy atom. The Kier molecular flexibility index (Phi) is 4.34. The highest BCUT2D eigenvalue weighted by molar-refractivity contribution is 5.40. The molecule has 1 fully saturated rings. The third-order valence-corrected chi connectivity index (χ3v) is 4.32. The van der Waals surface area contributed by atoms with Gasteiger partial charge in [-0.25, -0.2) is 9.07 Å². The summed E-state index contributed by atoms with van der Waals surface area (Å²) in [5, 5.41) is 12.7. The third-order valence-electron chi connectivity index (χ3n) is 4.32. The van der Waals surface area contributed by atoms with Crippen LogP contribution < -0.4 is 4.90 Å². The molecule has 0 N–H and O–H groups in total. The molecule has 7 nitrogen and oxygen atoms in total. The lowest BCUT2D eigenvalue weighted by Gasteiger charge is -2.35. The van der Waals surface area contributed by atoms with Gasteiger partial charge in [0.25, 0.3) is 0 Å². The molecular weight excluding hydrogens is 321 g/mol. The molecule has 0 saturated carbocycles. The van der Waals surface area contributed by atoms with Gasteiger partial charge in [-0.3, -0.25) is 9.88 Å². The quantitative estimate of drug-likeness (QED) is 0.718. The van der Waals surface area contributed by atoms with Crippen LogP contribution in [0.15, 0.2) is 49.1 Å². The topological polar surface area (TPSA) is 63.0 Å². The van der Waals surface area contributed by atoms with Crippen molar-refractivity contribution in [3.8, 4) is 5.82 Å². The summed E-state index contributed by atoms with van der Waals surface area (Å²) in [6.45, 7) is 3.98. The van der Waals surface area contributed by atoms with E-state index in [9.17, 15) is 4.39 Å². The molecule has 25 heavy (non-hydrogen) atoms. The number of aromatic nitrogens is 5. The second kappa shape index (κ2) is 6.94. The van der Waals surface area contributed by atoms with E-state index in [2.05, 4.69) is 30.1 Å². The largest absolute Gasteiger partial charge is 0.353 e. The lowest BCUT2D eigenvalue weighted by Crippen LogP contribution is -2.46. The molecule has 0 aliphatic carbocycles. The predicted molar refractivity (Wildman–Crippen MR) is 90.8 cm³/mol. The van der Waals surface area contributed by atoms with Crippen LogP contribution in [0.4, 0.5) is 10.2 Å². The summed E-state index contributed by atoms with van der Waals surface area (Å²) in [5.41, 5.74) is 0.687. The van der Waals surface area contributed by atoms with Crippen molar-refractivity contribution in [2.45, 2.75) is 6.54 Å². The maximum Gasteiger partial charge on any atom is 0.175 e. The number of nitrogens with zero attached hydrogens (tertiary/aromatic N) is 7. The number of anilines is 1. The van der Waals surface area contributed by atoms with E-state index >= 15 is 0 Å². The normalized spacial score (nSPS) is 15.5. The van der Waals surface area contributed by atoms with Crippen molar-refractivity contribution < 1.29 is 4.39 Å². The Labute approximate surface area is 144 Å². The minimum atomic E-state index is -0.245. The summed E-state index contributed by atoms with van der Waals surface area (Å²) < 4.78 is 15.4. The number of hydrogen-bond acceptors (Lipinski definition) is 6. The molecule has 0 amide bonds. The molecule has 0 radical (unpaired) electrons.